The molecule has 0 bridgehead atoms. The highest BCUT2D eigenvalue weighted by atomic mass is 35.5. The minimum absolute atomic E-state index is 0.0660. The van der Waals surface area contributed by atoms with Crippen molar-refractivity contribution in [3.8, 4) is 0 Å². The van der Waals surface area contributed by atoms with Crippen LogP contribution < -0.4 is 5.32 Å². The first-order chi connectivity index (χ1) is 9.69. The number of aliphatic hydroxyl groups excluding tert-OH is 1. The van der Waals surface area contributed by atoms with Gasteiger partial charge in [0.15, 0.2) is 0 Å². The molecule has 5 nitrogen and oxygen atoms in total. The molecule has 0 aliphatic carbocycles. The zero-order valence-electron chi connectivity index (χ0n) is 10.8. The molecule has 20 heavy (non-hydrogen) atoms. The number of hydrogen-bond acceptors (Lipinski definition) is 4. The van der Waals surface area contributed by atoms with Gasteiger partial charge in [0.2, 0.25) is 0 Å². The second-order valence-electron chi connectivity index (χ2n) is 4.47. The lowest BCUT2D eigenvalue weighted by molar-refractivity contribution is 0.282. The molecule has 0 unspecified atom stereocenters. The Balaban J connectivity index is 2.11. The van der Waals surface area contributed by atoms with E-state index >= 15 is 0 Å². The van der Waals surface area contributed by atoms with Crippen molar-refractivity contribution in [2.45, 2.75) is 13.5 Å². The highest BCUT2D eigenvalue weighted by Crippen LogP contribution is 2.29. The number of rotatable bonds is 3. The molecule has 0 fully saturated rings. The highest BCUT2D eigenvalue weighted by Gasteiger charge is 2.13. The molecule has 6 heteroatoms. The van der Waals surface area contributed by atoms with E-state index in [1.807, 2.05) is 31.2 Å². The van der Waals surface area contributed by atoms with Crippen LogP contribution in [0.5, 0.6) is 0 Å². The second-order valence-corrected chi connectivity index (χ2v) is 4.90. The molecule has 0 radical (unpaired) electrons. The van der Waals surface area contributed by atoms with Crippen molar-refractivity contribution in [1.29, 1.82) is 0 Å². The van der Waals surface area contributed by atoms with Crippen LogP contribution in [0.2, 0.25) is 5.02 Å². The van der Waals surface area contributed by atoms with Gasteiger partial charge < -0.3 is 15.4 Å². The monoisotopic (exact) mass is 288 g/mol. The summed E-state index contributed by atoms with van der Waals surface area (Å²) in [4.78, 5) is 11.6. The Kier molecular flexibility index (Phi) is 3.30. The quantitative estimate of drug-likeness (QED) is 0.692. The fraction of sp³-hybridized carbons (Fsp3) is 0.143. The molecule has 3 N–H and O–H groups in total. The van der Waals surface area contributed by atoms with E-state index in [-0.39, 0.29) is 6.61 Å². The first-order valence-electron chi connectivity index (χ1n) is 6.14. The van der Waals surface area contributed by atoms with Crippen molar-refractivity contribution in [2.24, 2.45) is 0 Å². The molecular formula is C14H13ClN4O. The first kappa shape index (κ1) is 12.9. The number of anilines is 2. The number of aryl methyl sites for hydroxylation is 1. The number of nitrogens with zero attached hydrogens (tertiary/aromatic N) is 2. The van der Waals surface area contributed by atoms with E-state index in [0.29, 0.717) is 16.5 Å². The number of halogens is 1. The Morgan fingerprint density at radius 1 is 1.35 bits per heavy atom. The van der Waals surface area contributed by atoms with Gasteiger partial charge in [-0.05, 0) is 25.1 Å². The van der Waals surface area contributed by atoms with Gasteiger partial charge in [0.1, 0.15) is 17.8 Å². The van der Waals surface area contributed by atoms with Crippen molar-refractivity contribution in [1.82, 2.24) is 15.0 Å². The number of aromatic nitrogens is 3. The van der Waals surface area contributed by atoms with Crippen LogP contribution in [0.15, 0.2) is 30.6 Å². The standard InChI is InChI=1S/C14H13ClN4O/c1-8-11(6-20)12-13(18-8)16-7-17-14(12)19-10-4-2-3-9(15)5-10/h2-5,7,20H,6H2,1H3,(H2,16,17,18,19). The minimum Gasteiger partial charge on any atom is -0.392 e. The van der Waals surface area contributed by atoms with Gasteiger partial charge in [-0.25, -0.2) is 9.97 Å². The Morgan fingerprint density at radius 2 is 2.20 bits per heavy atom. The van der Waals surface area contributed by atoms with Gasteiger partial charge in [-0.1, -0.05) is 17.7 Å². The lowest BCUT2D eigenvalue weighted by Gasteiger charge is -2.07. The maximum atomic E-state index is 9.52. The molecular weight excluding hydrogens is 276 g/mol. The molecule has 0 saturated carbocycles. The van der Waals surface area contributed by atoms with Crippen LogP contribution in [0.25, 0.3) is 11.0 Å². The molecule has 0 saturated heterocycles. The number of aliphatic hydroxyl groups is 1. The van der Waals surface area contributed by atoms with Crippen LogP contribution in [-0.4, -0.2) is 20.1 Å². The average molecular weight is 289 g/mol. The molecule has 3 rings (SSSR count). The Morgan fingerprint density at radius 3 is 2.95 bits per heavy atom. The fourth-order valence-corrected chi connectivity index (χ4v) is 2.39. The van der Waals surface area contributed by atoms with Gasteiger partial charge in [0, 0.05) is 22.0 Å². The van der Waals surface area contributed by atoms with Crippen molar-refractivity contribution < 1.29 is 5.11 Å². The average Bonchev–Trinajstić information content (AvgIpc) is 2.75. The van der Waals surface area contributed by atoms with E-state index in [1.165, 1.54) is 6.33 Å². The molecule has 0 aliphatic rings. The Labute approximate surface area is 120 Å². The molecule has 0 amide bonds. The van der Waals surface area contributed by atoms with Crippen molar-refractivity contribution >= 4 is 34.1 Å². The summed E-state index contributed by atoms with van der Waals surface area (Å²) in [5, 5.41) is 14.2. The summed E-state index contributed by atoms with van der Waals surface area (Å²) in [5.41, 5.74) is 3.22. The lowest BCUT2D eigenvalue weighted by atomic mass is 10.2. The molecule has 3 aromatic rings. The van der Waals surface area contributed by atoms with Gasteiger partial charge in [0.05, 0.1) is 12.0 Å². The Hall–Kier alpha value is -2.11. The van der Waals surface area contributed by atoms with Crippen LogP contribution in [0, 0.1) is 6.92 Å². The first-order valence-corrected chi connectivity index (χ1v) is 6.52. The van der Waals surface area contributed by atoms with Crippen LogP contribution in [-0.2, 0) is 6.61 Å². The molecule has 0 spiro atoms. The topological polar surface area (TPSA) is 73.8 Å². The lowest BCUT2D eigenvalue weighted by Crippen LogP contribution is -1.96. The predicted octanol–water partition coefficient (Wildman–Crippen LogP) is 3.16. The zero-order valence-corrected chi connectivity index (χ0v) is 11.6. The number of hydrogen-bond donors (Lipinski definition) is 3. The van der Waals surface area contributed by atoms with E-state index in [4.69, 9.17) is 11.6 Å². The van der Waals surface area contributed by atoms with Gasteiger partial charge in [-0.3, -0.25) is 0 Å². The van der Waals surface area contributed by atoms with Crippen molar-refractivity contribution in [2.75, 3.05) is 5.32 Å². The van der Waals surface area contributed by atoms with E-state index in [1.54, 1.807) is 0 Å². The third kappa shape index (κ3) is 2.21. The maximum absolute atomic E-state index is 9.52. The summed E-state index contributed by atoms with van der Waals surface area (Å²) in [6, 6.07) is 7.38. The number of benzene rings is 1. The maximum Gasteiger partial charge on any atom is 0.143 e. The van der Waals surface area contributed by atoms with E-state index in [9.17, 15) is 5.11 Å². The zero-order chi connectivity index (χ0) is 14.1. The molecule has 0 atom stereocenters. The highest BCUT2D eigenvalue weighted by molar-refractivity contribution is 6.30. The second kappa shape index (κ2) is 5.11. The number of nitrogens with one attached hydrogen (secondary N) is 2. The van der Waals surface area contributed by atoms with Crippen LogP contribution in [0.1, 0.15) is 11.3 Å². The van der Waals surface area contributed by atoms with E-state index < -0.39 is 0 Å². The summed E-state index contributed by atoms with van der Waals surface area (Å²) in [5.74, 6) is 0.644. The number of fused-ring (bicyclic) bond motifs is 1. The van der Waals surface area contributed by atoms with Gasteiger partial charge >= 0.3 is 0 Å². The summed E-state index contributed by atoms with van der Waals surface area (Å²) < 4.78 is 0. The largest absolute Gasteiger partial charge is 0.392 e. The number of aromatic amines is 1. The fourth-order valence-electron chi connectivity index (χ4n) is 2.20. The van der Waals surface area contributed by atoms with Gasteiger partial charge in [-0.2, -0.15) is 0 Å². The summed E-state index contributed by atoms with van der Waals surface area (Å²) >= 11 is 5.97. The minimum atomic E-state index is -0.0660. The molecule has 0 aliphatic heterocycles. The van der Waals surface area contributed by atoms with Crippen LogP contribution in [0.3, 0.4) is 0 Å². The summed E-state index contributed by atoms with van der Waals surface area (Å²) in [6.07, 6.45) is 1.48. The Bertz CT molecular complexity index is 769. The third-order valence-electron chi connectivity index (χ3n) is 3.15. The smallest absolute Gasteiger partial charge is 0.143 e. The summed E-state index contributed by atoms with van der Waals surface area (Å²) in [7, 11) is 0. The van der Waals surface area contributed by atoms with Crippen molar-refractivity contribution in [3.63, 3.8) is 0 Å². The molecule has 2 heterocycles. The van der Waals surface area contributed by atoms with Gasteiger partial charge in [0.25, 0.3) is 0 Å². The molecule has 2 aromatic heterocycles. The number of H-pyrrole nitrogens is 1. The van der Waals surface area contributed by atoms with E-state index in [2.05, 4.69) is 20.3 Å². The molecule has 102 valence electrons. The van der Waals surface area contributed by atoms with Crippen LogP contribution >= 0.6 is 11.6 Å². The normalized spacial score (nSPS) is 10.9. The van der Waals surface area contributed by atoms with Gasteiger partial charge in [-0.15, -0.1) is 0 Å². The molecule has 1 aromatic carbocycles. The third-order valence-corrected chi connectivity index (χ3v) is 3.39. The predicted molar refractivity (Wildman–Crippen MR) is 79.3 cm³/mol. The van der Waals surface area contributed by atoms with Crippen molar-refractivity contribution in [3.05, 3.63) is 46.9 Å². The SMILES string of the molecule is Cc1[nH]c2ncnc(Nc3cccc(Cl)c3)c2c1CO. The summed E-state index contributed by atoms with van der Waals surface area (Å²) in [6.45, 7) is 1.83. The van der Waals surface area contributed by atoms with Crippen LogP contribution in [0.4, 0.5) is 11.5 Å². The van der Waals surface area contributed by atoms with E-state index in [0.717, 1.165) is 22.3 Å².